The Kier molecular flexibility index (Phi) is 7.28. The maximum Gasteiger partial charge on any atom is 0.251 e. The Morgan fingerprint density at radius 2 is 1.77 bits per heavy atom. The van der Waals surface area contributed by atoms with E-state index in [1.165, 1.54) is 6.07 Å². The zero-order valence-electron chi connectivity index (χ0n) is 17.7. The number of carbonyl (C=O) groups excluding carboxylic acids is 1. The quantitative estimate of drug-likeness (QED) is 0.730. The molecule has 0 aliphatic carbocycles. The van der Waals surface area contributed by atoms with E-state index in [1.54, 1.807) is 29.6 Å². The summed E-state index contributed by atoms with van der Waals surface area (Å²) >= 11 is 0. The molecule has 1 amide bonds. The topological polar surface area (TPSA) is 75.7 Å². The number of nitrogens with zero attached hydrogens (tertiary/aromatic N) is 1. The Morgan fingerprint density at radius 1 is 1.10 bits per heavy atom. The molecular weight excluding hydrogens is 400 g/mol. The van der Waals surface area contributed by atoms with Crippen LogP contribution in [0.4, 0.5) is 0 Å². The highest BCUT2D eigenvalue weighted by atomic mass is 32.2. The number of methoxy groups -OCH3 is 1. The molecule has 0 radical (unpaired) electrons. The van der Waals surface area contributed by atoms with Gasteiger partial charge in [0.15, 0.2) is 0 Å². The first kappa shape index (κ1) is 22.5. The van der Waals surface area contributed by atoms with Gasteiger partial charge in [-0.25, -0.2) is 8.42 Å². The van der Waals surface area contributed by atoms with Gasteiger partial charge in [0.1, 0.15) is 0 Å². The molecule has 1 heterocycles. The van der Waals surface area contributed by atoms with E-state index in [4.69, 9.17) is 4.74 Å². The summed E-state index contributed by atoms with van der Waals surface area (Å²) in [5.74, 6) is 0.309. The van der Waals surface area contributed by atoms with Crippen LogP contribution in [0.3, 0.4) is 0 Å². The Labute approximate surface area is 179 Å². The molecule has 162 valence electrons. The van der Waals surface area contributed by atoms with Crippen molar-refractivity contribution in [2.75, 3.05) is 26.7 Å². The number of sulfonamides is 1. The van der Waals surface area contributed by atoms with E-state index >= 15 is 0 Å². The van der Waals surface area contributed by atoms with Crippen molar-refractivity contribution in [3.05, 3.63) is 65.7 Å². The van der Waals surface area contributed by atoms with Crippen LogP contribution in [0.15, 0.2) is 59.5 Å². The number of benzene rings is 2. The Bertz CT molecular complexity index is 952. The molecule has 3 rings (SSSR count). The maximum absolute atomic E-state index is 13.1. The smallest absolute Gasteiger partial charge is 0.251 e. The number of rotatable bonds is 7. The normalized spacial score (nSPS) is 21.2. The van der Waals surface area contributed by atoms with Crippen molar-refractivity contribution in [1.29, 1.82) is 0 Å². The van der Waals surface area contributed by atoms with Crippen LogP contribution in [0.25, 0.3) is 0 Å². The Hall–Kier alpha value is -2.22. The van der Waals surface area contributed by atoms with E-state index in [9.17, 15) is 13.2 Å². The van der Waals surface area contributed by atoms with Crippen LogP contribution >= 0.6 is 0 Å². The summed E-state index contributed by atoms with van der Waals surface area (Å²) in [4.78, 5) is 12.8. The molecule has 3 atom stereocenters. The van der Waals surface area contributed by atoms with Gasteiger partial charge in [0, 0.05) is 32.3 Å². The van der Waals surface area contributed by atoms with Crippen LogP contribution in [0.1, 0.15) is 42.3 Å². The second kappa shape index (κ2) is 9.73. The third kappa shape index (κ3) is 5.28. The van der Waals surface area contributed by atoms with E-state index in [2.05, 4.69) is 19.2 Å². The van der Waals surface area contributed by atoms with Crippen LogP contribution in [0.5, 0.6) is 0 Å². The van der Waals surface area contributed by atoms with E-state index in [0.717, 1.165) is 12.0 Å². The summed E-state index contributed by atoms with van der Waals surface area (Å²) in [5, 5.41) is 2.85. The molecular formula is C23H30N2O4S. The van der Waals surface area contributed by atoms with Gasteiger partial charge in [-0.1, -0.05) is 50.2 Å². The van der Waals surface area contributed by atoms with Crippen molar-refractivity contribution in [1.82, 2.24) is 9.62 Å². The van der Waals surface area contributed by atoms with Crippen molar-refractivity contribution >= 4 is 15.9 Å². The highest BCUT2D eigenvalue weighted by molar-refractivity contribution is 7.89. The van der Waals surface area contributed by atoms with Gasteiger partial charge in [0.2, 0.25) is 10.0 Å². The van der Waals surface area contributed by atoms with Gasteiger partial charge >= 0.3 is 0 Å². The lowest BCUT2D eigenvalue weighted by Gasteiger charge is -2.34. The van der Waals surface area contributed by atoms with Crippen LogP contribution in [0.2, 0.25) is 0 Å². The van der Waals surface area contributed by atoms with Crippen LogP contribution in [0, 0.1) is 11.8 Å². The largest absolute Gasteiger partial charge is 0.375 e. The van der Waals surface area contributed by atoms with Crippen LogP contribution < -0.4 is 5.32 Å². The van der Waals surface area contributed by atoms with Gasteiger partial charge in [-0.3, -0.25) is 4.79 Å². The maximum atomic E-state index is 13.1. The first-order valence-corrected chi connectivity index (χ1v) is 11.7. The van der Waals surface area contributed by atoms with E-state index < -0.39 is 10.0 Å². The van der Waals surface area contributed by atoms with Crippen molar-refractivity contribution < 1.29 is 17.9 Å². The highest BCUT2D eigenvalue weighted by Crippen LogP contribution is 2.27. The SMILES string of the molecule is COC(CNC(=O)c1cccc(S(=O)(=O)N2CC(C)CC(C)C2)c1)c1ccccc1. The first-order valence-electron chi connectivity index (χ1n) is 10.3. The molecule has 30 heavy (non-hydrogen) atoms. The van der Waals surface area contributed by atoms with Crippen molar-refractivity contribution in [2.45, 2.75) is 31.3 Å². The molecule has 2 aromatic carbocycles. The average Bonchev–Trinajstić information content (AvgIpc) is 2.74. The Morgan fingerprint density at radius 3 is 2.40 bits per heavy atom. The number of hydrogen-bond donors (Lipinski definition) is 1. The minimum absolute atomic E-state index is 0.155. The number of carbonyl (C=O) groups is 1. The molecule has 1 fully saturated rings. The lowest BCUT2D eigenvalue weighted by molar-refractivity contribution is 0.0827. The number of piperidine rings is 1. The fourth-order valence-electron chi connectivity index (χ4n) is 4.04. The fraction of sp³-hybridized carbons (Fsp3) is 0.435. The van der Waals surface area contributed by atoms with Gasteiger partial charge in [0.25, 0.3) is 5.91 Å². The number of hydrogen-bond acceptors (Lipinski definition) is 4. The van der Waals surface area contributed by atoms with Crippen molar-refractivity contribution in [3.8, 4) is 0 Å². The Balaban J connectivity index is 1.72. The second-order valence-electron chi connectivity index (χ2n) is 8.14. The van der Waals surface area contributed by atoms with Gasteiger partial charge < -0.3 is 10.1 Å². The van der Waals surface area contributed by atoms with Crippen LogP contribution in [-0.4, -0.2) is 45.4 Å². The standard InChI is InChI=1S/C23H30N2O4S/c1-17-12-18(2)16-25(15-17)30(27,28)21-11-7-10-20(13-21)23(26)24-14-22(29-3)19-8-5-4-6-9-19/h4-11,13,17-18,22H,12,14-16H2,1-3H3,(H,24,26). The van der Waals surface area contributed by atoms with Gasteiger partial charge in [-0.15, -0.1) is 0 Å². The molecule has 2 aromatic rings. The molecule has 0 bridgehead atoms. The molecule has 3 unspecified atom stereocenters. The summed E-state index contributed by atoms with van der Waals surface area (Å²) in [6.07, 6.45) is 0.745. The highest BCUT2D eigenvalue weighted by Gasteiger charge is 2.32. The summed E-state index contributed by atoms with van der Waals surface area (Å²) in [7, 11) is -2.04. The van der Waals surface area contributed by atoms with E-state index in [1.807, 2.05) is 30.3 Å². The molecule has 0 aromatic heterocycles. The molecule has 0 spiro atoms. The summed E-state index contributed by atoms with van der Waals surface area (Å²) in [5.41, 5.74) is 1.28. The predicted octanol–water partition coefficient (Wildman–Crippen LogP) is 3.47. The second-order valence-corrected chi connectivity index (χ2v) is 10.1. The van der Waals surface area contributed by atoms with E-state index in [-0.39, 0.29) is 23.5 Å². The zero-order chi connectivity index (χ0) is 21.7. The molecule has 6 nitrogen and oxygen atoms in total. The minimum Gasteiger partial charge on any atom is -0.375 e. The summed E-state index contributed by atoms with van der Waals surface area (Å²) in [6, 6.07) is 15.9. The van der Waals surface area contributed by atoms with E-state index in [0.29, 0.717) is 30.5 Å². The summed E-state index contributed by atoms with van der Waals surface area (Å²) in [6.45, 7) is 5.45. The minimum atomic E-state index is -3.63. The molecule has 1 saturated heterocycles. The molecule has 7 heteroatoms. The monoisotopic (exact) mass is 430 g/mol. The van der Waals surface area contributed by atoms with Gasteiger partial charge in [-0.05, 0) is 42.0 Å². The fourth-order valence-corrected chi connectivity index (χ4v) is 5.77. The summed E-state index contributed by atoms with van der Waals surface area (Å²) < 4.78 is 33.3. The third-order valence-corrected chi connectivity index (χ3v) is 7.30. The average molecular weight is 431 g/mol. The third-order valence-electron chi connectivity index (χ3n) is 5.47. The zero-order valence-corrected chi connectivity index (χ0v) is 18.6. The molecule has 0 saturated carbocycles. The molecule has 1 aliphatic heterocycles. The first-order chi connectivity index (χ1) is 14.3. The van der Waals surface area contributed by atoms with Gasteiger partial charge in [0.05, 0.1) is 11.0 Å². The predicted molar refractivity (Wildman–Crippen MR) is 117 cm³/mol. The molecule has 1 aliphatic rings. The lowest BCUT2D eigenvalue weighted by Crippen LogP contribution is -2.42. The molecule has 1 N–H and O–H groups in total. The lowest BCUT2D eigenvalue weighted by atomic mass is 9.94. The number of nitrogens with one attached hydrogen (secondary N) is 1. The van der Waals surface area contributed by atoms with Gasteiger partial charge in [-0.2, -0.15) is 4.31 Å². The number of amides is 1. The van der Waals surface area contributed by atoms with Crippen LogP contribution in [-0.2, 0) is 14.8 Å². The van der Waals surface area contributed by atoms with Crippen molar-refractivity contribution in [3.63, 3.8) is 0 Å². The van der Waals surface area contributed by atoms with Crippen molar-refractivity contribution in [2.24, 2.45) is 11.8 Å². The number of ether oxygens (including phenoxy) is 1.